The van der Waals surface area contributed by atoms with E-state index in [-0.39, 0.29) is 17.7 Å². The van der Waals surface area contributed by atoms with Crippen LogP contribution in [-0.4, -0.2) is 32.3 Å². The Bertz CT molecular complexity index is 1360. The van der Waals surface area contributed by atoms with Crippen molar-refractivity contribution in [3.8, 4) is 5.69 Å². The number of hydrogen-bond acceptors (Lipinski definition) is 4. The number of aryl methyl sites for hydroxylation is 1. The van der Waals surface area contributed by atoms with Crippen LogP contribution in [0.5, 0.6) is 0 Å². The Labute approximate surface area is 190 Å². The molecular formula is C25H26N4O4. The third-order valence-corrected chi connectivity index (χ3v) is 5.75. The maximum Gasteiger partial charge on any atom is 0.306 e. The fraction of sp³-hybridized carbons (Fsp3) is 0.240. The first-order valence-corrected chi connectivity index (χ1v) is 10.8. The van der Waals surface area contributed by atoms with Gasteiger partial charge in [0.15, 0.2) is 6.10 Å². The van der Waals surface area contributed by atoms with E-state index in [9.17, 15) is 14.4 Å². The lowest BCUT2D eigenvalue weighted by Gasteiger charge is -2.13. The Kier molecular flexibility index (Phi) is 6.17. The number of rotatable bonds is 7. The largest absolute Gasteiger partial charge is 0.453 e. The second kappa shape index (κ2) is 9.20. The molecule has 0 fully saturated rings. The summed E-state index contributed by atoms with van der Waals surface area (Å²) < 4.78 is 8.47. The molecule has 2 aromatic carbocycles. The van der Waals surface area contributed by atoms with E-state index in [2.05, 4.69) is 10.3 Å². The number of nitrogens with one attached hydrogen (secondary N) is 2. The average molecular weight is 447 g/mol. The number of benzene rings is 2. The van der Waals surface area contributed by atoms with Gasteiger partial charge in [0.1, 0.15) is 5.69 Å². The number of nitrogens with zero attached hydrogens (tertiary/aromatic N) is 2. The minimum Gasteiger partial charge on any atom is -0.453 e. The summed E-state index contributed by atoms with van der Waals surface area (Å²) in [6.07, 6.45) is 1.48. The van der Waals surface area contributed by atoms with Crippen LogP contribution in [0.25, 0.3) is 16.6 Å². The van der Waals surface area contributed by atoms with Crippen LogP contribution < -0.4 is 10.9 Å². The third-order valence-electron chi connectivity index (χ3n) is 5.75. The summed E-state index contributed by atoms with van der Waals surface area (Å²) >= 11 is 0. The third kappa shape index (κ3) is 4.45. The van der Waals surface area contributed by atoms with Crippen molar-refractivity contribution in [1.82, 2.24) is 14.3 Å². The highest BCUT2D eigenvalue weighted by molar-refractivity contribution is 5.95. The number of hydrogen-bond donors (Lipinski definition) is 2. The maximum absolute atomic E-state index is 12.9. The number of H-pyrrole nitrogens is 1. The van der Waals surface area contributed by atoms with Gasteiger partial charge < -0.3 is 15.0 Å². The van der Waals surface area contributed by atoms with Gasteiger partial charge in [0.2, 0.25) is 0 Å². The molecule has 0 saturated heterocycles. The van der Waals surface area contributed by atoms with Gasteiger partial charge in [-0.3, -0.25) is 19.1 Å². The first-order chi connectivity index (χ1) is 15.9. The number of amides is 1. The van der Waals surface area contributed by atoms with Crippen LogP contribution in [0.3, 0.4) is 0 Å². The van der Waals surface area contributed by atoms with E-state index >= 15 is 0 Å². The van der Waals surface area contributed by atoms with Gasteiger partial charge in [0, 0.05) is 30.6 Å². The van der Waals surface area contributed by atoms with Crippen molar-refractivity contribution in [2.75, 3.05) is 5.32 Å². The Hall–Kier alpha value is -4.07. The summed E-state index contributed by atoms with van der Waals surface area (Å²) in [6, 6.07) is 17.0. The van der Waals surface area contributed by atoms with Crippen molar-refractivity contribution in [3.63, 3.8) is 0 Å². The molecule has 2 heterocycles. The van der Waals surface area contributed by atoms with E-state index in [1.54, 1.807) is 18.7 Å². The normalized spacial score (nSPS) is 12.0. The number of para-hydroxylation sites is 2. The lowest BCUT2D eigenvalue weighted by atomic mass is 10.1. The molecule has 4 rings (SSSR count). The van der Waals surface area contributed by atoms with E-state index < -0.39 is 18.0 Å². The topological polar surface area (TPSA) is 98.1 Å². The second-order valence-corrected chi connectivity index (χ2v) is 7.92. The molecule has 0 bridgehead atoms. The minimum absolute atomic E-state index is 0.143. The van der Waals surface area contributed by atoms with Crippen LogP contribution in [0.4, 0.5) is 5.69 Å². The van der Waals surface area contributed by atoms with Gasteiger partial charge in [-0.2, -0.15) is 0 Å². The van der Waals surface area contributed by atoms with Crippen LogP contribution in [0, 0.1) is 6.92 Å². The number of carbonyl (C=O) groups excluding carboxylic acids is 2. The Morgan fingerprint density at radius 3 is 2.55 bits per heavy atom. The van der Waals surface area contributed by atoms with Crippen LogP contribution in [0.1, 0.15) is 24.6 Å². The molecule has 0 aliphatic heterocycles. The van der Waals surface area contributed by atoms with Crippen LogP contribution in [0.15, 0.2) is 65.6 Å². The van der Waals surface area contributed by atoms with Gasteiger partial charge in [-0.1, -0.05) is 36.4 Å². The molecule has 0 radical (unpaired) electrons. The van der Waals surface area contributed by atoms with E-state index in [0.29, 0.717) is 17.8 Å². The highest BCUT2D eigenvalue weighted by Gasteiger charge is 2.23. The number of carbonyl (C=O) groups is 2. The Morgan fingerprint density at radius 2 is 1.79 bits per heavy atom. The second-order valence-electron chi connectivity index (χ2n) is 7.92. The average Bonchev–Trinajstić information content (AvgIpc) is 3.32. The standard InChI is InChI=1S/C25H26N4O4/c1-16-23(25(32)29(28(16)3)19-9-5-4-6-10-19)27-24(31)17(2)33-22(30)14-13-18-15-26-21-12-8-7-11-20(18)21/h4-12,15,17,26H,13-14H2,1-3H3,(H,27,31)/t17-/m1/s1. The first-order valence-electron chi connectivity index (χ1n) is 10.8. The molecule has 8 heteroatoms. The zero-order valence-electron chi connectivity index (χ0n) is 18.8. The number of aromatic amines is 1. The van der Waals surface area contributed by atoms with E-state index in [1.807, 2.05) is 60.8 Å². The smallest absolute Gasteiger partial charge is 0.306 e. The van der Waals surface area contributed by atoms with Crippen molar-refractivity contribution in [1.29, 1.82) is 0 Å². The van der Waals surface area contributed by atoms with Crippen molar-refractivity contribution in [3.05, 3.63) is 82.4 Å². The molecule has 2 aromatic heterocycles. The quantitative estimate of drug-likeness (QED) is 0.425. The fourth-order valence-corrected chi connectivity index (χ4v) is 3.82. The van der Waals surface area contributed by atoms with E-state index in [4.69, 9.17) is 4.74 Å². The molecule has 0 aliphatic carbocycles. The van der Waals surface area contributed by atoms with Crippen molar-refractivity contribution >= 4 is 28.5 Å². The predicted molar refractivity (Wildman–Crippen MR) is 127 cm³/mol. The summed E-state index contributed by atoms with van der Waals surface area (Å²) in [4.78, 5) is 41.1. The molecule has 0 spiro atoms. The van der Waals surface area contributed by atoms with E-state index in [0.717, 1.165) is 16.5 Å². The molecule has 4 aromatic rings. The highest BCUT2D eigenvalue weighted by Crippen LogP contribution is 2.19. The molecule has 0 unspecified atom stereocenters. The summed E-state index contributed by atoms with van der Waals surface area (Å²) in [7, 11) is 1.74. The van der Waals surface area contributed by atoms with E-state index in [1.165, 1.54) is 11.6 Å². The number of anilines is 1. The monoisotopic (exact) mass is 446 g/mol. The summed E-state index contributed by atoms with van der Waals surface area (Å²) in [5.74, 6) is -1.03. The molecule has 8 nitrogen and oxygen atoms in total. The van der Waals surface area contributed by atoms with Gasteiger partial charge in [-0.25, -0.2) is 4.68 Å². The van der Waals surface area contributed by atoms with Crippen molar-refractivity contribution in [2.24, 2.45) is 7.05 Å². The summed E-state index contributed by atoms with van der Waals surface area (Å²) in [5.41, 5.74) is 3.11. The Morgan fingerprint density at radius 1 is 1.09 bits per heavy atom. The molecule has 0 saturated carbocycles. The first kappa shape index (κ1) is 22.1. The minimum atomic E-state index is -1.04. The molecule has 1 atom stereocenters. The number of ether oxygens (including phenoxy) is 1. The lowest BCUT2D eigenvalue weighted by Crippen LogP contribution is -2.32. The number of esters is 1. The predicted octanol–water partition coefficient (Wildman–Crippen LogP) is 3.47. The molecule has 0 aliphatic rings. The zero-order valence-corrected chi connectivity index (χ0v) is 18.8. The number of fused-ring (bicyclic) bond motifs is 1. The van der Waals surface area contributed by atoms with Gasteiger partial charge in [0.05, 0.1) is 11.4 Å². The molecular weight excluding hydrogens is 420 g/mol. The maximum atomic E-state index is 12.9. The SMILES string of the molecule is Cc1c(NC(=O)[C@@H](C)OC(=O)CCc2c[nH]c3ccccc23)c(=O)n(-c2ccccc2)n1C. The molecule has 170 valence electrons. The van der Waals surface area contributed by atoms with Crippen LogP contribution in [0.2, 0.25) is 0 Å². The molecule has 33 heavy (non-hydrogen) atoms. The van der Waals surface area contributed by atoms with Gasteiger partial charge in [-0.15, -0.1) is 0 Å². The van der Waals surface area contributed by atoms with Crippen molar-refractivity contribution in [2.45, 2.75) is 32.8 Å². The summed E-state index contributed by atoms with van der Waals surface area (Å²) in [6.45, 7) is 3.24. The highest BCUT2D eigenvalue weighted by atomic mass is 16.5. The van der Waals surface area contributed by atoms with Gasteiger partial charge in [-0.05, 0) is 44.0 Å². The zero-order chi connectivity index (χ0) is 23.5. The van der Waals surface area contributed by atoms with Gasteiger partial charge in [0.25, 0.3) is 11.5 Å². The molecule has 2 N–H and O–H groups in total. The number of aromatic nitrogens is 3. The van der Waals surface area contributed by atoms with Crippen LogP contribution >= 0.6 is 0 Å². The molecule has 1 amide bonds. The van der Waals surface area contributed by atoms with Gasteiger partial charge >= 0.3 is 5.97 Å². The lowest BCUT2D eigenvalue weighted by molar-refractivity contribution is -0.153. The van der Waals surface area contributed by atoms with Crippen LogP contribution in [-0.2, 0) is 27.8 Å². The Balaban J connectivity index is 1.40. The van der Waals surface area contributed by atoms with Crippen molar-refractivity contribution < 1.29 is 14.3 Å². The summed E-state index contributed by atoms with van der Waals surface area (Å²) in [5, 5.41) is 3.69. The fourth-order valence-electron chi connectivity index (χ4n) is 3.82.